The molecule has 28 heavy (non-hydrogen) atoms. The summed E-state index contributed by atoms with van der Waals surface area (Å²) in [5.74, 6) is -0.645. The number of hydrogen-bond donors (Lipinski definition) is 1. The lowest BCUT2D eigenvalue weighted by atomic mass is 10.1. The van der Waals surface area contributed by atoms with Gasteiger partial charge in [0, 0.05) is 24.5 Å². The van der Waals surface area contributed by atoms with Gasteiger partial charge in [-0.25, -0.2) is 4.68 Å². The number of carbonyl (C=O) groups is 2. The summed E-state index contributed by atoms with van der Waals surface area (Å²) in [4.78, 5) is 26.1. The molecule has 3 rings (SSSR count). The summed E-state index contributed by atoms with van der Waals surface area (Å²) >= 11 is 6.07. The van der Waals surface area contributed by atoms with Crippen molar-refractivity contribution in [1.82, 2.24) is 14.7 Å². The molecule has 0 fully saturated rings. The van der Waals surface area contributed by atoms with Crippen LogP contribution in [0.2, 0.25) is 5.02 Å². The van der Waals surface area contributed by atoms with E-state index in [4.69, 9.17) is 17.3 Å². The molecular weight excluding hydrogens is 376 g/mol. The zero-order chi connectivity index (χ0) is 20.1. The first kappa shape index (κ1) is 19.6. The van der Waals surface area contributed by atoms with Gasteiger partial charge in [-0.1, -0.05) is 48.0 Å². The molecule has 0 aliphatic carbocycles. The standard InChI is InChI=1S/C21H21ClN4O2/c1-15-19(13-24-26(15)18-9-5-8-17(22)12-18)21(28)25(11-10-20(23)27)14-16-6-3-2-4-7-16/h2-9,12-13H,10-11,14H2,1H3,(H2,23,27). The Morgan fingerprint density at radius 3 is 2.57 bits per heavy atom. The summed E-state index contributed by atoms with van der Waals surface area (Å²) in [6, 6.07) is 16.9. The van der Waals surface area contributed by atoms with Crippen LogP contribution in [0.3, 0.4) is 0 Å². The van der Waals surface area contributed by atoms with Crippen molar-refractivity contribution in [2.45, 2.75) is 19.9 Å². The molecule has 0 spiro atoms. The summed E-state index contributed by atoms with van der Waals surface area (Å²) in [5.41, 5.74) is 8.21. The van der Waals surface area contributed by atoms with Crippen LogP contribution in [0.5, 0.6) is 0 Å². The Bertz CT molecular complexity index is 985. The number of aromatic nitrogens is 2. The van der Waals surface area contributed by atoms with Crippen LogP contribution in [-0.2, 0) is 11.3 Å². The van der Waals surface area contributed by atoms with Crippen LogP contribution in [-0.4, -0.2) is 33.0 Å². The van der Waals surface area contributed by atoms with Gasteiger partial charge in [-0.2, -0.15) is 5.10 Å². The molecule has 0 radical (unpaired) electrons. The molecule has 7 heteroatoms. The maximum absolute atomic E-state index is 13.2. The van der Waals surface area contributed by atoms with E-state index in [0.717, 1.165) is 11.3 Å². The zero-order valence-electron chi connectivity index (χ0n) is 15.5. The summed E-state index contributed by atoms with van der Waals surface area (Å²) in [6.07, 6.45) is 1.64. The Labute approximate surface area is 168 Å². The highest BCUT2D eigenvalue weighted by atomic mass is 35.5. The Morgan fingerprint density at radius 1 is 1.14 bits per heavy atom. The van der Waals surface area contributed by atoms with Crippen molar-refractivity contribution in [2.24, 2.45) is 5.73 Å². The topological polar surface area (TPSA) is 81.2 Å². The fraction of sp³-hybridized carbons (Fsp3) is 0.190. The number of rotatable bonds is 7. The molecule has 0 atom stereocenters. The lowest BCUT2D eigenvalue weighted by molar-refractivity contribution is -0.118. The number of primary amides is 1. The number of halogens is 1. The van der Waals surface area contributed by atoms with Gasteiger partial charge in [0.1, 0.15) is 0 Å². The van der Waals surface area contributed by atoms with Crippen LogP contribution in [0.4, 0.5) is 0 Å². The lowest BCUT2D eigenvalue weighted by Crippen LogP contribution is -2.34. The minimum atomic E-state index is -0.447. The first-order valence-electron chi connectivity index (χ1n) is 8.88. The molecule has 0 unspecified atom stereocenters. The number of hydrogen-bond acceptors (Lipinski definition) is 3. The van der Waals surface area contributed by atoms with Gasteiger partial charge in [0.2, 0.25) is 5.91 Å². The van der Waals surface area contributed by atoms with Crippen LogP contribution >= 0.6 is 11.6 Å². The normalized spacial score (nSPS) is 10.6. The third-order valence-corrected chi connectivity index (χ3v) is 4.66. The maximum Gasteiger partial charge on any atom is 0.257 e. The summed E-state index contributed by atoms with van der Waals surface area (Å²) in [5, 5.41) is 4.94. The minimum Gasteiger partial charge on any atom is -0.370 e. The number of benzene rings is 2. The lowest BCUT2D eigenvalue weighted by Gasteiger charge is -2.22. The molecule has 1 aromatic heterocycles. The van der Waals surface area contributed by atoms with Crippen molar-refractivity contribution < 1.29 is 9.59 Å². The van der Waals surface area contributed by atoms with Gasteiger partial charge >= 0.3 is 0 Å². The summed E-state index contributed by atoms with van der Waals surface area (Å²) in [7, 11) is 0. The number of nitrogens with zero attached hydrogens (tertiary/aromatic N) is 3. The highest BCUT2D eigenvalue weighted by Crippen LogP contribution is 2.20. The third-order valence-electron chi connectivity index (χ3n) is 4.42. The summed E-state index contributed by atoms with van der Waals surface area (Å²) < 4.78 is 1.67. The SMILES string of the molecule is Cc1c(C(=O)N(CCC(N)=O)Cc2ccccc2)cnn1-c1cccc(Cl)c1. The molecule has 0 aliphatic heterocycles. The molecule has 2 aromatic carbocycles. The van der Waals surface area contributed by atoms with E-state index in [1.807, 2.05) is 49.4 Å². The molecule has 0 saturated carbocycles. The number of amides is 2. The monoisotopic (exact) mass is 396 g/mol. The van der Waals surface area contributed by atoms with Gasteiger partial charge in [0.15, 0.2) is 0 Å². The molecule has 0 aliphatic rings. The Kier molecular flexibility index (Phi) is 6.11. The van der Waals surface area contributed by atoms with E-state index in [2.05, 4.69) is 5.10 Å². The van der Waals surface area contributed by atoms with Crippen molar-refractivity contribution in [3.63, 3.8) is 0 Å². The minimum absolute atomic E-state index is 0.0973. The quantitative estimate of drug-likeness (QED) is 0.664. The molecule has 0 saturated heterocycles. The number of nitrogens with two attached hydrogens (primary N) is 1. The Morgan fingerprint density at radius 2 is 1.89 bits per heavy atom. The second-order valence-corrected chi connectivity index (χ2v) is 6.90. The molecule has 144 valence electrons. The summed E-state index contributed by atoms with van der Waals surface area (Å²) in [6.45, 7) is 2.45. The van der Waals surface area contributed by atoms with Crippen molar-refractivity contribution >= 4 is 23.4 Å². The highest BCUT2D eigenvalue weighted by Gasteiger charge is 2.22. The van der Waals surface area contributed by atoms with Gasteiger partial charge < -0.3 is 10.6 Å². The fourth-order valence-corrected chi connectivity index (χ4v) is 3.14. The van der Waals surface area contributed by atoms with Crippen LogP contribution in [0.15, 0.2) is 60.8 Å². The van der Waals surface area contributed by atoms with Crippen molar-refractivity contribution in [2.75, 3.05) is 6.54 Å². The van der Waals surface area contributed by atoms with E-state index >= 15 is 0 Å². The van der Waals surface area contributed by atoms with Crippen molar-refractivity contribution in [3.8, 4) is 5.69 Å². The Hall–Kier alpha value is -3.12. The van der Waals surface area contributed by atoms with Gasteiger partial charge in [-0.3, -0.25) is 9.59 Å². The second-order valence-electron chi connectivity index (χ2n) is 6.46. The van der Waals surface area contributed by atoms with Gasteiger partial charge in [0.25, 0.3) is 5.91 Å². The van der Waals surface area contributed by atoms with E-state index < -0.39 is 5.91 Å². The molecule has 1 heterocycles. The van der Waals surface area contributed by atoms with Crippen LogP contribution in [0, 0.1) is 6.92 Å². The zero-order valence-corrected chi connectivity index (χ0v) is 16.3. The second kappa shape index (κ2) is 8.71. The predicted octanol–water partition coefficient (Wildman–Crippen LogP) is 3.35. The van der Waals surface area contributed by atoms with Crippen molar-refractivity contribution in [1.29, 1.82) is 0 Å². The molecule has 2 N–H and O–H groups in total. The van der Waals surface area contributed by atoms with Crippen LogP contribution in [0.25, 0.3) is 5.69 Å². The predicted molar refractivity (Wildman–Crippen MR) is 108 cm³/mol. The first-order chi connectivity index (χ1) is 13.5. The highest BCUT2D eigenvalue weighted by molar-refractivity contribution is 6.30. The fourth-order valence-electron chi connectivity index (χ4n) is 2.96. The average Bonchev–Trinajstić information content (AvgIpc) is 3.06. The average molecular weight is 397 g/mol. The van der Waals surface area contributed by atoms with Gasteiger partial charge in [-0.05, 0) is 30.7 Å². The third kappa shape index (κ3) is 4.58. The molecular formula is C21H21ClN4O2. The number of carbonyl (C=O) groups excluding carboxylic acids is 2. The van der Waals surface area contributed by atoms with Crippen LogP contribution < -0.4 is 5.73 Å². The molecule has 0 bridgehead atoms. The largest absolute Gasteiger partial charge is 0.370 e. The van der Waals surface area contributed by atoms with Crippen LogP contribution in [0.1, 0.15) is 28.0 Å². The van der Waals surface area contributed by atoms with E-state index in [1.165, 1.54) is 0 Å². The molecule has 3 aromatic rings. The van der Waals surface area contributed by atoms with E-state index in [9.17, 15) is 9.59 Å². The van der Waals surface area contributed by atoms with Gasteiger partial charge in [-0.15, -0.1) is 0 Å². The van der Waals surface area contributed by atoms with E-state index in [1.54, 1.807) is 27.9 Å². The molecule has 6 nitrogen and oxygen atoms in total. The maximum atomic E-state index is 13.2. The van der Waals surface area contributed by atoms with Crippen molar-refractivity contribution in [3.05, 3.63) is 82.6 Å². The van der Waals surface area contributed by atoms with E-state index in [0.29, 0.717) is 22.8 Å². The van der Waals surface area contributed by atoms with E-state index in [-0.39, 0.29) is 18.9 Å². The van der Waals surface area contributed by atoms with Gasteiger partial charge in [0.05, 0.1) is 23.1 Å². The molecule has 2 amide bonds. The first-order valence-corrected chi connectivity index (χ1v) is 9.25. The smallest absolute Gasteiger partial charge is 0.257 e. The Balaban J connectivity index is 1.88.